The minimum Gasteiger partial charge on any atom is -0.460 e. The first kappa shape index (κ1) is 12.5. The first-order valence-corrected chi connectivity index (χ1v) is 6.46. The number of aromatic nitrogens is 1. The Hall–Kier alpha value is -2.49. The Morgan fingerprint density at radius 2 is 1.80 bits per heavy atom. The molecule has 0 aliphatic heterocycles. The summed E-state index contributed by atoms with van der Waals surface area (Å²) >= 11 is 0. The second-order valence-electron chi connectivity index (χ2n) is 4.98. The smallest absolute Gasteiger partial charge is 0.230 e. The number of hydrogen-bond donors (Lipinski definition) is 1. The van der Waals surface area contributed by atoms with Gasteiger partial charge in [0.2, 0.25) is 5.88 Å². The zero-order valence-corrected chi connectivity index (χ0v) is 11.7. The van der Waals surface area contributed by atoms with Crippen LogP contribution in [0.4, 0.5) is 5.88 Å². The molecule has 0 radical (unpaired) electrons. The molecule has 0 fully saturated rings. The molecule has 102 valence electrons. The molecule has 4 nitrogen and oxygen atoms in total. The molecule has 0 spiro atoms. The minimum atomic E-state index is 0.303. The number of nitrogens with zero attached hydrogens (tertiary/aromatic N) is 1. The molecular weight excluding hydrogens is 252 g/mol. The second kappa shape index (κ2) is 4.56. The lowest BCUT2D eigenvalue weighted by Gasteiger charge is -2.05. The van der Waals surface area contributed by atoms with Gasteiger partial charge in [-0.25, -0.2) is 0 Å². The van der Waals surface area contributed by atoms with E-state index in [1.54, 1.807) is 0 Å². The van der Waals surface area contributed by atoms with Gasteiger partial charge in [-0.15, -0.1) is 0 Å². The van der Waals surface area contributed by atoms with Crippen LogP contribution in [0.3, 0.4) is 0 Å². The van der Waals surface area contributed by atoms with E-state index in [1.165, 1.54) is 11.1 Å². The van der Waals surface area contributed by atoms with E-state index in [2.05, 4.69) is 31.1 Å². The number of benzene rings is 1. The topological polar surface area (TPSA) is 65.2 Å². The van der Waals surface area contributed by atoms with Crippen LogP contribution in [0.5, 0.6) is 0 Å². The summed E-state index contributed by atoms with van der Waals surface area (Å²) in [5, 5.41) is 4.03. The van der Waals surface area contributed by atoms with Gasteiger partial charge in [0.05, 0.1) is 5.56 Å². The van der Waals surface area contributed by atoms with E-state index in [9.17, 15) is 0 Å². The van der Waals surface area contributed by atoms with E-state index in [-0.39, 0.29) is 0 Å². The molecule has 0 unspecified atom stereocenters. The molecule has 0 aliphatic rings. The summed E-state index contributed by atoms with van der Waals surface area (Å²) in [5.41, 5.74) is 10.8. The van der Waals surface area contributed by atoms with Crippen molar-refractivity contribution in [3.05, 3.63) is 47.2 Å². The first-order chi connectivity index (χ1) is 9.56. The zero-order chi connectivity index (χ0) is 14.3. The standard InChI is InChI=1S/C16H16N2O2/c1-9-4-6-12(8-10(9)2)14-15(18-20-16(14)17)13-7-5-11(3)19-13/h4-8H,17H2,1-3H3. The fourth-order valence-corrected chi connectivity index (χ4v) is 2.21. The van der Waals surface area contributed by atoms with Gasteiger partial charge < -0.3 is 14.7 Å². The molecule has 2 aromatic heterocycles. The van der Waals surface area contributed by atoms with Crippen molar-refractivity contribution in [3.8, 4) is 22.6 Å². The molecule has 2 heterocycles. The van der Waals surface area contributed by atoms with Crippen LogP contribution in [0.25, 0.3) is 22.6 Å². The maximum absolute atomic E-state index is 5.93. The third-order valence-corrected chi connectivity index (χ3v) is 3.49. The Bertz CT molecular complexity index is 769. The Morgan fingerprint density at radius 1 is 1.00 bits per heavy atom. The molecule has 0 saturated heterocycles. The maximum atomic E-state index is 5.93. The van der Waals surface area contributed by atoms with Crippen molar-refractivity contribution < 1.29 is 8.94 Å². The van der Waals surface area contributed by atoms with Crippen LogP contribution in [0.2, 0.25) is 0 Å². The third kappa shape index (κ3) is 1.99. The first-order valence-electron chi connectivity index (χ1n) is 6.46. The number of nitrogen functional groups attached to an aromatic ring is 1. The van der Waals surface area contributed by atoms with E-state index in [0.29, 0.717) is 17.3 Å². The monoisotopic (exact) mass is 268 g/mol. The van der Waals surface area contributed by atoms with Crippen LogP contribution in [0, 0.1) is 20.8 Å². The SMILES string of the molecule is Cc1ccc(-c2noc(N)c2-c2ccc(C)c(C)c2)o1. The molecule has 3 aromatic rings. The Labute approximate surface area is 117 Å². The van der Waals surface area contributed by atoms with Gasteiger partial charge in [-0.3, -0.25) is 0 Å². The lowest BCUT2D eigenvalue weighted by atomic mass is 9.99. The van der Waals surface area contributed by atoms with E-state index in [0.717, 1.165) is 16.9 Å². The van der Waals surface area contributed by atoms with E-state index in [4.69, 9.17) is 14.7 Å². The minimum absolute atomic E-state index is 0.303. The van der Waals surface area contributed by atoms with Crippen LogP contribution in [0.1, 0.15) is 16.9 Å². The summed E-state index contributed by atoms with van der Waals surface area (Å²) in [6, 6.07) is 9.93. The molecule has 1 aromatic carbocycles. The van der Waals surface area contributed by atoms with Crippen LogP contribution in [-0.4, -0.2) is 5.16 Å². The summed E-state index contributed by atoms with van der Waals surface area (Å²) in [6.45, 7) is 6.04. The maximum Gasteiger partial charge on any atom is 0.230 e. The van der Waals surface area contributed by atoms with E-state index >= 15 is 0 Å². The van der Waals surface area contributed by atoms with Gasteiger partial charge >= 0.3 is 0 Å². The molecule has 0 aliphatic carbocycles. The van der Waals surface area contributed by atoms with Gasteiger partial charge in [0.1, 0.15) is 5.76 Å². The van der Waals surface area contributed by atoms with Gasteiger partial charge in [-0.2, -0.15) is 0 Å². The highest BCUT2D eigenvalue weighted by Crippen LogP contribution is 2.37. The Balaban J connectivity index is 2.18. The molecule has 0 bridgehead atoms. The summed E-state index contributed by atoms with van der Waals surface area (Å²) < 4.78 is 10.8. The fourth-order valence-electron chi connectivity index (χ4n) is 2.21. The molecule has 4 heteroatoms. The van der Waals surface area contributed by atoms with Crippen molar-refractivity contribution >= 4 is 5.88 Å². The molecule has 3 rings (SSSR count). The number of anilines is 1. The largest absolute Gasteiger partial charge is 0.460 e. The second-order valence-corrected chi connectivity index (χ2v) is 4.98. The summed E-state index contributed by atoms with van der Waals surface area (Å²) in [6.07, 6.45) is 0. The fraction of sp³-hybridized carbons (Fsp3) is 0.188. The van der Waals surface area contributed by atoms with Crippen LogP contribution >= 0.6 is 0 Å². The predicted molar refractivity (Wildman–Crippen MR) is 78.3 cm³/mol. The summed E-state index contributed by atoms with van der Waals surface area (Å²) in [5.74, 6) is 1.79. The van der Waals surface area contributed by atoms with Gasteiger partial charge in [0.15, 0.2) is 11.5 Å². The van der Waals surface area contributed by atoms with Crippen LogP contribution < -0.4 is 5.73 Å². The van der Waals surface area contributed by atoms with Crippen molar-refractivity contribution in [2.24, 2.45) is 0 Å². The average Bonchev–Trinajstić information content (AvgIpc) is 2.99. The van der Waals surface area contributed by atoms with Crippen molar-refractivity contribution in [2.75, 3.05) is 5.73 Å². The summed E-state index contributed by atoms with van der Waals surface area (Å²) in [7, 11) is 0. The van der Waals surface area contributed by atoms with E-state index < -0.39 is 0 Å². The van der Waals surface area contributed by atoms with Crippen LogP contribution in [-0.2, 0) is 0 Å². The normalized spacial score (nSPS) is 10.9. The number of furan rings is 1. The molecular formula is C16H16N2O2. The summed E-state index contributed by atoms with van der Waals surface area (Å²) in [4.78, 5) is 0. The molecule has 0 amide bonds. The van der Waals surface area contributed by atoms with Gasteiger partial charge in [-0.05, 0) is 49.6 Å². The van der Waals surface area contributed by atoms with E-state index in [1.807, 2.05) is 25.1 Å². The number of aryl methyl sites for hydroxylation is 3. The number of hydrogen-bond acceptors (Lipinski definition) is 4. The number of nitrogens with two attached hydrogens (primary N) is 1. The van der Waals surface area contributed by atoms with Crippen molar-refractivity contribution in [2.45, 2.75) is 20.8 Å². The van der Waals surface area contributed by atoms with Crippen molar-refractivity contribution in [1.82, 2.24) is 5.16 Å². The quantitative estimate of drug-likeness (QED) is 0.759. The predicted octanol–water partition coefficient (Wildman–Crippen LogP) is 4.11. The molecule has 0 atom stereocenters. The molecule has 0 saturated carbocycles. The Kier molecular flexibility index (Phi) is 2.86. The van der Waals surface area contributed by atoms with Crippen molar-refractivity contribution in [3.63, 3.8) is 0 Å². The third-order valence-electron chi connectivity index (χ3n) is 3.49. The highest BCUT2D eigenvalue weighted by atomic mass is 16.5. The zero-order valence-electron chi connectivity index (χ0n) is 11.7. The van der Waals surface area contributed by atoms with Crippen LogP contribution in [0.15, 0.2) is 39.3 Å². The Morgan fingerprint density at radius 3 is 2.45 bits per heavy atom. The lowest BCUT2D eigenvalue weighted by molar-refractivity contribution is 0.435. The highest BCUT2D eigenvalue weighted by molar-refractivity contribution is 5.85. The lowest BCUT2D eigenvalue weighted by Crippen LogP contribution is -1.89. The van der Waals surface area contributed by atoms with Crippen molar-refractivity contribution in [1.29, 1.82) is 0 Å². The van der Waals surface area contributed by atoms with Gasteiger partial charge in [-0.1, -0.05) is 23.4 Å². The molecule has 20 heavy (non-hydrogen) atoms. The number of rotatable bonds is 2. The average molecular weight is 268 g/mol. The molecule has 2 N–H and O–H groups in total. The van der Waals surface area contributed by atoms with Gasteiger partial charge in [0, 0.05) is 0 Å². The highest BCUT2D eigenvalue weighted by Gasteiger charge is 2.20. The van der Waals surface area contributed by atoms with Gasteiger partial charge in [0.25, 0.3) is 0 Å².